The van der Waals surface area contributed by atoms with E-state index >= 15 is 0 Å². The lowest BCUT2D eigenvalue weighted by Gasteiger charge is -2.14. The molecule has 0 spiro atoms. The van der Waals surface area contributed by atoms with Gasteiger partial charge in [-0.25, -0.2) is 0 Å². The van der Waals surface area contributed by atoms with Crippen LogP contribution in [0.15, 0.2) is 18.2 Å². The molecule has 1 aliphatic rings. The van der Waals surface area contributed by atoms with Crippen LogP contribution in [0.3, 0.4) is 0 Å². The largest absolute Gasteiger partial charge is 0.494 e. The van der Waals surface area contributed by atoms with Crippen LogP contribution in [0.2, 0.25) is 0 Å². The molecular formula is C13H19N3O3. The van der Waals surface area contributed by atoms with Gasteiger partial charge in [0, 0.05) is 31.3 Å². The fourth-order valence-corrected chi connectivity index (χ4v) is 1.93. The predicted molar refractivity (Wildman–Crippen MR) is 72.8 cm³/mol. The molecule has 1 fully saturated rings. The number of carbonyl (C=O) groups excluding carboxylic acids is 1. The molecule has 0 bridgehead atoms. The van der Waals surface area contributed by atoms with Crippen molar-refractivity contribution in [2.75, 3.05) is 37.9 Å². The summed E-state index contributed by atoms with van der Waals surface area (Å²) in [6.07, 6.45) is 1.40. The Hall–Kier alpha value is -1.79. The number of nitrogen functional groups attached to an aromatic ring is 1. The second-order valence-corrected chi connectivity index (χ2v) is 4.37. The Morgan fingerprint density at radius 2 is 2.42 bits per heavy atom. The first-order valence-electron chi connectivity index (χ1n) is 6.30. The summed E-state index contributed by atoms with van der Waals surface area (Å²) in [6, 6.07) is 5.14. The van der Waals surface area contributed by atoms with E-state index < -0.39 is 0 Å². The molecule has 1 amide bonds. The van der Waals surface area contributed by atoms with Crippen LogP contribution in [0, 0.1) is 0 Å². The number of hydrogen-bond donors (Lipinski definition) is 2. The summed E-state index contributed by atoms with van der Waals surface area (Å²) in [5.41, 5.74) is 6.89. The maximum absolute atomic E-state index is 11.8. The van der Waals surface area contributed by atoms with Gasteiger partial charge in [-0.05, 0) is 18.6 Å². The number of nitrogens with one attached hydrogen (secondary N) is 1. The number of hydroxylamine groups is 2. The lowest BCUT2D eigenvalue weighted by molar-refractivity contribution is -0.126. The van der Waals surface area contributed by atoms with Crippen molar-refractivity contribution in [2.24, 2.45) is 0 Å². The van der Waals surface area contributed by atoms with Gasteiger partial charge in [0.05, 0.1) is 19.4 Å². The number of benzene rings is 1. The van der Waals surface area contributed by atoms with Gasteiger partial charge in [-0.1, -0.05) is 0 Å². The lowest BCUT2D eigenvalue weighted by Crippen LogP contribution is -2.24. The summed E-state index contributed by atoms with van der Waals surface area (Å²) in [6.45, 7) is 2.23. The molecule has 1 aromatic rings. The van der Waals surface area contributed by atoms with Crippen molar-refractivity contribution in [3.8, 4) is 5.75 Å². The summed E-state index contributed by atoms with van der Waals surface area (Å²) in [4.78, 5) is 17.2. The Kier molecular flexibility index (Phi) is 4.59. The Bertz CT molecular complexity index is 445. The topological polar surface area (TPSA) is 76.8 Å². The van der Waals surface area contributed by atoms with Crippen molar-refractivity contribution < 1.29 is 14.4 Å². The van der Waals surface area contributed by atoms with Crippen LogP contribution in [0.5, 0.6) is 5.75 Å². The van der Waals surface area contributed by atoms with Crippen LogP contribution in [-0.2, 0) is 9.63 Å². The highest BCUT2D eigenvalue weighted by atomic mass is 16.7. The minimum absolute atomic E-state index is 0.0708. The molecule has 0 unspecified atom stereocenters. The zero-order valence-corrected chi connectivity index (χ0v) is 11.0. The first-order chi connectivity index (χ1) is 9.19. The number of anilines is 2. The molecule has 1 aliphatic heterocycles. The van der Waals surface area contributed by atoms with Crippen molar-refractivity contribution in [3.63, 3.8) is 0 Å². The fourth-order valence-electron chi connectivity index (χ4n) is 1.93. The third-order valence-corrected chi connectivity index (χ3v) is 2.91. The van der Waals surface area contributed by atoms with Crippen LogP contribution in [0.4, 0.5) is 11.4 Å². The molecule has 3 N–H and O–H groups in total. The van der Waals surface area contributed by atoms with Gasteiger partial charge in [0.1, 0.15) is 5.75 Å². The smallest absolute Gasteiger partial charge is 0.225 e. The lowest BCUT2D eigenvalue weighted by atomic mass is 10.2. The minimum atomic E-state index is -0.0708. The van der Waals surface area contributed by atoms with Crippen LogP contribution in [0.1, 0.15) is 12.8 Å². The number of nitrogens with two attached hydrogens (primary N) is 1. The second kappa shape index (κ2) is 6.40. The normalized spacial score (nSPS) is 15.4. The van der Waals surface area contributed by atoms with Crippen molar-refractivity contribution in [3.05, 3.63) is 18.2 Å². The summed E-state index contributed by atoms with van der Waals surface area (Å²) in [7, 11) is 1.54. The molecule has 2 rings (SSSR count). The maximum Gasteiger partial charge on any atom is 0.225 e. The molecule has 6 nitrogen and oxygen atoms in total. The van der Waals surface area contributed by atoms with E-state index in [4.69, 9.17) is 15.3 Å². The number of hydrogen-bond acceptors (Lipinski definition) is 5. The summed E-state index contributed by atoms with van der Waals surface area (Å²) in [5.74, 6) is 0.490. The zero-order valence-electron chi connectivity index (χ0n) is 11.0. The van der Waals surface area contributed by atoms with Crippen LogP contribution >= 0.6 is 0 Å². The van der Waals surface area contributed by atoms with Gasteiger partial charge in [-0.2, -0.15) is 5.06 Å². The van der Waals surface area contributed by atoms with E-state index in [1.165, 1.54) is 0 Å². The second-order valence-electron chi connectivity index (χ2n) is 4.37. The van der Waals surface area contributed by atoms with E-state index in [9.17, 15) is 4.79 Å². The number of methoxy groups -OCH3 is 1. The van der Waals surface area contributed by atoms with Gasteiger partial charge >= 0.3 is 0 Å². The van der Waals surface area contributed by atoms with E-state index in [1.54, 1.807) is 25.3 Å². The number of carbonyl (C=O) groups is 1. The van der Waals surface area contributed by atoms with E-state index in [1.807, 2.05) is 5.06 Å². The van der Waals surface area contributed by atoms with Gasteiger partial charge in [0.25, 0.3) is 0 Å². The highest BCUT2D eigenvalue weighted by Crippen LogP contribution is 2.26. The van der Waals surface area contributed by atoms with E-state index in [2.05, 4.69) is 5.32 Å². The third-order valence-electron chi connectivity index (χ3n) is 2.91. The standard InChI is InChI=1S/C13H19N3O3/c1-18-12-9-10(14)3-4-11(12)15-13(17)5-7-16-6-2-8-19-16/h3-4,9H,2,5-8,14H2,1H3,(H,15,17). The molecule has 0 saturated carbocycles. The molecule has 0 radical (unpaired) electrons. The minimum Gasteiger partial charge on any atom is -0.494 e. The third kappa shape index (κ3) is 3.84. The number of ether oxygens (including phenoxy) is 1. The average Bonchev–Trinajstić information content (AvgIpc) is 2.91. The van der Waals surface area contributed by atoms with Gasteiger partial charge in [-0.15, -0.1) is 0 Å². The molecule has 104 valence electrons. The highest BCUT2D eigenvalue weighted by Gasteiger charge is 2.14. The maximum atomic E-state index is 11.8. The Balaban J connectivity index is 1.87. The molecule has 1 aromatic carbocycles. The van der Waals surface area contributed by atoms with Crippen molar-refractivity contribution in [2.45, 2.75) is 12.8 Å². The number of rotatable bonds is 5. The molecular weight excluding hydrogens is 246 g/mol. The molecule has 6 heteroatoms. The van der Waals surface area contributed by atoms with Crippen LogP contribution < -0.4 is 15.8 Å². The Morgan fingerprint density at radius 1 is 1.58 bits per heavy atom. The van der Waals surface area contributed by atoms with Crippen LogP contribution in [0.25, 0.3) is 0 Å². The fraction of sp³-hybridized carbons (Fsp3) is 0.462. The van der Waals surface area contributed by atoms with E-state index in [0.717, 1.165) is 19.6 Å². The molecule has 1 saturated heterocycles. The summed E-state index contributed by atoms with van der Waals surface area (Å²) >= 11 is 0. The van der Waals surface area contributed by atoms with E-state index in [0.29, 0.717) is 30.1 Å². The van der Waals surface area contributed by atoms with Crippen LogP contribution in [-0.4, -0.2) is 37.8 Å². The van der Waals surface area contributed by atoms with E-state index in [-0.39, 0.29) is 5.91 Å². The molecule has 1 heterocycles. The Morgan fingerprint density at radius 3 is 3.11 bits per heavy atom. The summed E-state index contributed by atoms with van der Waals surface area (Å²) < 4.78 is 5.18. The molecule has 0 atom stereocenters. The van der Waals surface area contributed by atoms with Crippen molar-refractivity contribution >= 4 is 17.3 Å². The SMILES string of the molecule is COc1cc(N)ccc1NC(=O)CCN1CCCO1. The van der Waals surface area contributed by atoms with Crippen molar-refractivity contribution in [1.29, 1.82) is 0 Å². The van der Waals surface area contributed by atoms with Crippen molar-refractivity contribution in [1.82, 2.24) is 5.06 Å². The first kappa shape index (κ1) is 13.6. The number of nitrogens with zero attached hydrogens (tertiary/aromatic N) is 1. The quantitative estimate of drug-likeness (QED) is 0.783. The zero-order chi connectivity index (χ0) is 13.7. The van der Waals surface area contributed by atoms with Gasteiger partial charge in [0.2, 0.25) is 5.91 Å². The van der Waals surface area contributed by atoms with Gasteiger partial charge in [0.15, 0.2) is 0 Å². The average molecular weight is 265 g/mol. The highest BCUT2D eigenvalue weighted by molar-refractivity contribution is 5.92. The molecule has 19 heavy (non-hydrogen) atoms. The predicted octanol–water partition coefficient (Wildman–Crippen LogP) is 1.24. The summed E-state index contributed by atoms with van der Waals surface area (Å²) in [5, 5.41) is 4.63. The monoisotopic (exact) mass is 265 g/mol. The molecule has 0 aromatic heterocycles. The first-order valence-corrected chi connectivity index (χ1v) is 6.30. The van der Waals surface area contributed by atoms with Gasteiger partial charge < -0.3 is 15.8 Å². The van der Waals surface area contributed by atoms with Gasteiger partial charge in [-0.3, -0.25) is 9.63 Å². The Labute approximate surface area is 112 Å². The number of amides is 1. The molecule has 0 aliphatic carbocycles.